The molecule has 0 fully saturated rings. The molecule has 82 valence electrons. The monoisotopic (exact) mass is 206 g/mol. The lowest BCUT2D eigenvalue weighted by molar-refractivity contribution is -0.138. The molecule has 0 aromatic heterocycles. The third-order valence-electron chi connectivity index (χ3n) is 2.69. The molecule has 1 aromatic carbocycles. The van der Waals surface area contributed by atoms with Crippen molar-refractivity contribution < 1.29 is 9.90 Å². The zero-order chi connectivity index (χ0) is 11.3. The minimum Gasteiger partial charge on any atom is -0.481 e. The number of carboxylic acids is 1. The highest BCUT2D eigenvalue weighted by Crippen LogP contribution is 2.15. The minimum absolute atomic E-state index is 0.252. The molecule has 1 N–H and O–H groups in total. The normalized spacial score (nSPS) is 12.4. The SMILES string of the molecule is Cc1ccccc1CCC(C)CC(=O)O. The van der Waals surface area contributed by atoms with E-state index in [1.165, 1.54) is 11.1 Å². The molecule has 0 saturated heterocycles. The number of benzene rings is 1. The number of hydrogen-bond acceptors (Lipinski definition) is 1. The van der Waals surface area contributed by atoms with E-state index in [4.69, 9.17) is 5.11 Å². The van der Waals surface area contributed by atoms with Crippen LogP contribution >= 0.6 is 0 Å². The van der Waals surface area contributed by atoms with E-state index in [1.54, 1.807) is 0 Å². The van der Waals surface area contributed by atoms with E-state index in [0.717, 1.165) is 12.8 Å². The van der Waals surface area contributed by atoms with E-state index in [2.05, 4.69) is 19.1 Å². The molecular weight excluding hydrogens is 188 g/mol. The number of aryl methyl sites for hydroxylation is 2. The van der Waals surface area contributed by atoms with Crippen LogP contribution in [0.5, 0.6) is 0 Å². The highest BCUT2D eigenvalue weighted by atomic mass is 16.4. The molecule has 0 aliphatic carbocycles. The Kier molecular flexibility index (Phi) is 4.35. The van der Waals surface area contributed by atoms with E-state index >= 15 is 0 Å². The first-order valence-corrected chi connectivity index (χ1v) is 5.36. The van der Waals surface area contributed by atoms with Gasteiger partial charge in [0.05, 0.1) is 0 Å². The average Bonchev–Trinajstić information content (AvgIpc) is 2.15. The van der Waals surface area contributed by atoms with E-state index in [0.29, 0.717) is 0 Å². The van der Waals surface area contributed by atoms with Gasteiger partial charge in [0.15, 0.2) is 0 Å². The lowest BCUT2D eigenvalue weighted by Crippen LogP contribution is -2.05. The lowest BCUT2D eigenvalue weighted by Gasteiger charge is -2.09. The highest BCUT2D eigenvalue weighted by Gasteiger charge is 2.08. The highest BCUT2D eigenvalue weighted by molar-refractivity contribution is 5.66. The maximum Gasteiger partial charge on any atom is 0.303 e. The maximum absolute atomic E-state index is 10.5. The van der Waals surface area contributed by atoms with Gasteiger partial charge in [-0.2, -0.15) is 0 Å². The Morgan fingerprint density at radius 2 is 2.07 bits per heavy atom. The Labute approximate surface area is 90.9 Å². The summed E-state index contributed by atoms with van der Waals surface area (Å²) >= 11 is 0. The summed E-state index contributed by atoms with van der Waals surface area (Å²) in [6.45, 7) is 4.09. The second-order valence-corrected chi connectivity index (χ2v) is 4.17. The minimum atomic E-state index is -0.702. The van der Waals surface area contributed by atoms with Crippen LogP contribution in [-0.2, 0) is 11.2 Å². The van der Waals surface area contributed by atoms with E-state index < -0.39 is 5.97 Å². The Morgan fingerprint density at radius 3 is 2.67 bits per heavy atom. The lowest BCUT2D eigenvalue weighted by atomic mass is 9.96. The fourth-order valence-electron chi connectivity index (χ4n) is 1.69. The van der Waals surface area contributed by atoms with Crippen molar-refractivity contribution in [2.24, 2.45) is 5.92 Å². The molecule has 2 heteroatoms. The van der Waals surface area contributed by atoms with Crippen LogP contribution in [0.3, 0.4) is 0 Å². The summed E-state index contributed by atoms with van der Waals surface area (Å²) in [5, 5.41) is 8.64. The third kappa shape index (κ3) is 4.15. The third-order valence-corrected chi connectivity index (χ3v) is 2.69. The van der Waals surface area contributed by atoms with Crippen molar-refractivity contribution in [3.63, 3.8) is 0 Å². The van der Waals surface area contributed by atoms with Gasteiger partial charge < -0.3 is 5.11 Å². The quantitative estimate of drug-likeness (QED) is 0.804. The van der Waals surface area contributed by atoms with Crippen LogP contribution in [0.2, 0.25) is 0 Å². The van der Waals surface area contributed by atoms with Gasteiger partial charge in [-0.25, -0.2) is 0 Å². The number of carbonyl (C=O) groups is 1. The van der Waals surface area contributed by atoms with Crippen LogP contribution in [0.1, 0.15) is 30.9 Å². The van der Waals surface area contributed by atoms with Gasteiger partial charge in [0.25, 0.3) is 0 Å². The van der Waals surface area contributed by atoms with Gasteiger partial charge >= 0.3 is 5.97 Å². The molecule has 0 aliphatic heterocycles. The molecule has 0 radical (unpaired) electrons. The summed E-state index contributed by atoms with van der Waals surface area (Å²) in [6, 6.07) is 8.27. The largest absolute Gasteiger partial charge is 0.481 e. The molecule has 1 aromatic rings. The average molecular weight is 206 g/mol. The van der Waals surface area contributed by atoms with Gasteiger partial charge in [-0.05, 0) is 36.8 Å². The number of rotatable bonds is 5. The molecule has 1 atom stereocenters. The molecule has 0 spiro atoms. The summed E-state index contributed by atoms with van der Waals surface area (Å²) in [6.07, 6.45) is 2.18. The number of carboxylic acid groups (broad SMARTS) is 1. The van der Waals surface area contributed by atoms with Crippen molar-refractivity contribution >= 4 is 5.97 Å². The maximum atomic E-state index is 10.5. The van der Waals surface area contributed by atoms with Crippen molar-refractivity contribution in [1.82, 2.24) is 0 Å². The fraction of sp³-hybridized carbons (Fsp3) is 0.462. The van der Waals surface area contributed by atoms with Gasteiger partial charge in [0.1, 0.15) is 0 Å². The zero-order valence-electron chi connectivity index (χ0n) is 9.36. The Balaban J connectivity index is 2.43. The van der Waals surface area contributed by atoms with Crippen molar-refractivity contribution in [1.29, 1.82) is 0 Å². The smallest absolute Gasteiger partial charge is 0.303 e. The summed E-state index contributed by atoms with van der Waals surface area (Å²) in [7, 11) is 0. The molecule has 0 amide bonds. The van der Waals surface area contributed by atoms with Crippen LogP contribution in [-0.4, -0.2) is 11.1 Å². The molecule has 1 rings (SSSR count). The molecule has 0 saturated carbocycles. The first kappa shape index (κ1) is 11.8. The second-order valence-electron chi connectivity index (χ2n) is 4.17. The van der Waals surface area contributed by atoms with Gasteiger partial charge in [-0.1, -0.05) is 31.2 Å². The van der Waals surface area contributed by atoms with Crippen LogP contribution in [0.15, 0.2) is 24.3 Å². The zero-order valence-corrected chi connectivity index (χ0v) is 9.36. The second kappa shape index (κ2) is 5.54. The van der Waals surface area contributed by atoms with Crippen LogP contribution in [0.25, 0.3) is 0 Å². The molecule has 2 nitrogen and oxygen atoms in total. The fourth-order valence-corrected chi connectivity index (χ4v) is 1.69. The summed E-state index contributed by atoms with van der Waals surface area (Å²) < 4.78 is 0. The predicted octanol–water partition coefficient (Wildman–Crippen LogP) is 3.04. The Bertz CT molecular complexity index is 331. The van der Waals surface area contributed by atoms with Gasteiger partial charge in [-0.15, -0.1) is 0 Å². The van der Waals surface area contributed by atoms with Gasteiger partial charge in [-0.3, -0.25) is 4.79 Å². The van der Waals surface area contributed by atoms with Crippen molar-refractivity contribution in [2.75, 3.05) is 0 Å². The molecule has 0 bridgehead atoms. The molecule has 1 unspecified atom stereocenters. The summed E-state index contributed by atoms with van der Waals surface area (Å²) in [5.41, 5.74) is 2.62. The Morgan fingerprint density at radius 1 is 1.40 bits per heavy atom. The Hall–Kier alpha value is -1.31. The van der Waals surface area contributed by atoms with Crippen molar-refractivity contribution in [3.8, 4) is 0 Å². The van der Waals surface area contributed by atoms with Crippen LogP contribution in [0, 0.1) is 12.8 Å². The predicted molar refractivity (Wildman–Crippen MR) is 60.9 cm³/mol. The van der Waals surface area contributed by atoms with E-state index in [-0.39, 0.29) is 12.3 Å². The molecule has 15 heavy (non-hydrogen) atoms. The van der Waals surface area contributed by atoms with Gasteiger partial charge in [0.2, 0.25) is 0 Å². The standard InChI is InChI=1S/C13H18O2/c1-10(9-13(14)15)7-8-12-6-4-3-5-11(12)2/h3-6,10H,7-9H2,1-2H3,(H,14,15). The summed E-state index contributed by atoms with van der Waals surface area (Å²) in [4.78, 5) is 10.5. The number of aliphatic carboxylic acids is 1. The summed E-state index contributed by atoms with van der Waals surface area (Å²) in [5.74, 6) is -0.450. The molecule has 0 heterocycles. The van der Waals surface area contributed by atoms with Crippen molar-refractivity contribution in [3.05, 3.63) is 35.4 Å². The molecular formula is C13H18O2. The van der Waals surface area contributed by atoms with E-state index in [1.807, 2.05) is 19.1 Å². The number of hydrogen-bond donors (Lipinski definition) is 1. The first-order chi connectivity index (χ1) is 7.09. The van der Waals surface area contributed by atoms with Crippen LogP contribution in [0.4, 0.5) is 0 Å². The van der Waals surface area contributed by atoms with Crippen LogP contribution < -0.4 is 0 Å². The first-order valence-electron chi connectivity index (χ1n) is 5.36. The van der Waals surface area contributed by atoms with Crippen molar-refractivity contribution in [2.45, 2.75) is 33.1 Å². The topological polar surface area (TPSA) is 37.3 Å². The van der Waals surface area contributed by atoms with E-state index in [9.17, 15) is 4.79 Å². The molecule has 0 aliphatic rings. The van der Waals surface area contributed by atoms with Gasteiger partial charge in [0, 0.05) is 6.42 Å².